The van der Waals surface area contributed by atoms with Gasteiger partial charge in [0.1, 0.15) is 6.29 Å². The van der Waals surface area contributed by atoms with Crippen molar-refractivity contribution in [1.29, 1.82) is 0 Å². The summed E-state index contributed by atoms with van der Waals surface area (Å²) in [4.78, 5) is 20.3. The van der Waals surface area contributed by atoms with E-state index in [9.17, 15) is 9.59 Å². The molecule has 0 heterocycles. The van der Waals surface area contributed by atoms with Crippen molar-refractivity contribution in [2.45, 2.75) is 27.2 Å². The number of rotatable bonds is 3. The van der Waals surface area contributed by atoms with Crippen LogP contribution in [0.4, 0.5) is 0 Å². The van der Waals surface area contributed by atoms with E-state index in [4.69, 9.17) is 0 Å². The fraction of sp³-hybridized carbons (Fsp3) is 0.750. The molecular formula is C8H16O3. The molecule has 66 valence electrons. The molecular weight excluding hydrogens is 144 g/mol. The highest BCUT2D eigenvalue weighted by atomic mass is 16.5. The average Bonchev–Trinajstić information content (AvgIpc) is 2.07. The summed E-state index contributed by atoms with van der Waals surface area (Å²) < 4.78 is 4.32. The summed E-state index contributed by atoms with van der Waals surface area (Å²) in [6, 6.07) is 0. The van der Waals surface area contributed by atoms with Gasteiger partial charge in [-0.3, -0.25) is 4.79 Å². The van der Waals surface area contributed by atoms with Crippen molar-refractivity contribution in [3.63, 3.8) is 0 Å². The second kappa shape index (κ2) is 9.14. The summed E-state index contributed by atoms with van der Waals surface area (Å²) in [5.41, 5.74) is 0. The maximum Gasteiger partial charge on any atom is 0.306 e. The van der Waals surface area contributed by atoms with Gasteiger partial charge in [0.15, 0.2) is 0 Å². The number of carbonyl (C=O) groups excluding carboxylic acids is 2. The van der Waals surface area contributed by atoms with Crippen LogP contribution in [0.3, 0.4) is 0 Å². The van der Waals surface area contributed by atoms with Gasteiger partial charge in [-0.05, 0) is 0 Å². The van der Waals surface area contributed by atoms with E-state index in [0.717, 1.165) is 6.29 Å². The third-order valence-electron chi connectivity index (χ3n) is 0.949. The summed E-state index contributed by atoms with van der Waals surface area (Å²) in [5.74, 6) is -0.563. The molecule has 0 bridgehead atoms. The molecule has 0 aliphatic heterocycles. The van der Waals surface area contributed by atoms with Gasteiger partial charge in [-0.2, -0.15) is 0 Å². The van der Waals surface area contributed by atoms with Gasteiger partial charge >= 0.3 is 5.97 Å². The van der Waals surface area contributed by atoms with E-state index in [1.54, 1.807) is 6.92 Å². The predicted octanol–water partition coefficient (Wildman–Crippen LogP) is 1.41. The number of carbonyl (C=O) groups is 2. The molecule has 11 heavy (non-hydrogen) atoms. The first-order chi connectivity index (χ1) is 5.20. The zero-order valence-corrected chi connectivity index (χ0v) is 7.59. The van der Waals surface area contributed by atoms with Crippen molar-refractivity contribution < 1.29 is 14.3 Å². The van der Waals surface area contributed by atoms with Crippen molar-refractivity contribution in [1.82, 2.24) is 0 Å². The Morgan fingerprint density at radius 3 is 2.27 bits per heavy atom. The third kappa shape index (κ3) is 9.14. The molecule has 0 fully saturated rings. The van der Waals surface area contributed by atoms with E-state index in [1.165, 1.54) is 7.11 Å². The van der Waals surface area contributed by atoms with E-state index in [1.807, 2.05) is 13.8 Å². The lowest BCUT2D eigenvalue weighted by Crippen LogP contribution is -2.07. The predicted molar refractivity (Wildman–Crippen MR) is 43.2 cm³/mol. The topological polar surface area (TPSA) is 43.4 Å². The lowest BCUT2D eigenvalue weighted by atomic mass is 10.1. The summed E-state index contributed by atoms with van der Waals surface area (Å²) in [6.07, 6.45) is 0.914. The van der Waals surface area contributed by atoms with Gasteiger partial charge in [0.25, 0.3) is 0 Å². The fourth-order valence-electron chi connectivity index (χ4n) is 0.394. The van der Waals surface area contributed by atoms with Crippen LogP contribution >= 0.6 is 0 Å². The molecule has 0 N–H and O–H groups in total. The van der Waals surface area contributed by atoms with Gasteiger partial charge in [0.2, 0.25) is 0 Å². The van der Waals surface area contributed by atoms with Crippen molar-refractivity contribution >= 4 is 12.3 Å². The van der Waals surface area contributed by atoms with Gasteiger partial charge < -0.3 is 9.53 Å². The molecule has 0 aliphatic rings. The number of hydrogen-bond donors (Lipinski definition) is 0. The van der Waals surface area contributed by atoms with E-state index >= 15 is 0 Å². The Hall–Kier alpha value is -0.860. The monoisotopic (exact) mass is 160 g/mol. The normalized spacial score (nSPS) is 10.5. The minimum absolute atomic E-state index is 0.181. The van der Waals surface area contributed by atoms with Gasteiger partial charge in [-0.1, -0.05) is 20.8 Å². The third-order valence-corrected chi connectivity index (χ3v) is 0.949. The molecule has 3 nitrogen and oxygen atoms in total. The molecule has 0 radical (unpaired) electrons. The molecule has 3 heteroatoms. The van der Waals surface area contributed by atoms with Crippen LogP contribution in [0.1, 0.15) is 27.2 Å². The van der Waals surface area contributed by atoms with Crippen molar-refractivity contribution in [3.8, 4) is 0 Å². The number of ether oxygens (including phenoxy) is 1. The Kier molecular flexibility index (Phi) is 10.6. The molecule has 0 amide bonds. The number of hydrogen-bond acceptors (Lipinski definition) is 3. The maximum absolute atomic E-state index is 10.4. The first-order valence-corrected chi connectivity index (χ1v) is 3.72. The SMILES string of the molecule is CC.COC(=O)CC(C)C=O. The summed E-state index contributed by atoms with van der Waals surface area (Å²) >= 11 is 0. The Morgan fingerprint density at radius 1 is 1.55 bits per heavy atom. The van der Waals surface area contributed by atoms with Crippen LogP contribution in [-0.2, 0) is 14.3 Å². The molecule has 0 spiro atoms. The largest absolute Gasteiger partial charge is 0.469 e. The lowest BCUT2D eigenvalue weighted by molar-refractivity contribution is -0.142. The first kappa shape index (κ1) is 12.8. The van der Waals surface area contributed by atoms with E-state index in [2.05, 4.69) is 4.74 Å². The van der Waals surface area contributed by atoms with Crippen LogP contribution in [0.2, 0.25) is 0 Å². The highest BCUT2D eigenvalue weighted by molar-refractivity contribution is 5.73. The molecule has 0 aromatic carbocycles. The summed E-state index contributed by atoms with van der Waals surface area (Å²) in [7, 11) is 1.31. The van der Waals surface area contributed by atoms with E-state index in [-0.39, 0.29) is 18.3 Å². The van der Waals surface area contributed by atoms with Crippen LogP contribution in [0.15, 0.2) is 0 Å². The van der Waals surface area contributed by atoms with Gasteiger partial charge in [-0.15, -0.1) is 0 Å². The van der Waals surface area contributed by atoms with Crippen LogP contribution in [-0.4, -0.2) is 19.4 Å². The zero-order valence-electron chi connectivity index (χ0n) is 7.59. The molecule has 0 saturated carbocycles. The highest BCUT2D eigenvalue weighted by Gasteiger charge is 2.06. The maximum atomic E-state index is 10.4. The molecule has 0 aromatic rings. The average molecular weight is 160 g/mol. The summed E-state index contributed by atoms with van der Waals surface area (Å²) in [5, 5.41) is 0. The molecule has 0 aliphatic carbocycles. The Bertz CT molecular complexity index is 110. The molecule has 0 aromatic heterocycles. The van der Waals surface area contributed by atoms with E-state index < -0.39 is 0 Å². The number of aldehydes is 1. The minimum Gasteiger partial charge on any atom is -0.469 e. The first-order valence-electron chi connectivity index (χ1n) is 3.72. The Labute approximate surface area is 67.7 Å². The Balaban J connectivity index is 0. The standard InChI is InChI=1S/C6H10O3.C2H6/c1-5(4-7)3-6(8)9-2;1-2/h4-5H,3H2,1-2H3;1-2H3. The molecule has 1 atom stereocenters. The second-order valence-corrected chi connectivity index (χ2v) is 1.89. The minimum atomic E-state index is -0.338. The Morgan fingerprint density at radius 2 is 2.00 bits per heavy atom. The van der Waals surface area contributed by atoms with Crippen LogP contribution in [0, 0.1) is 5.92 Å². The fourth-order valence-corrected chi connectivity index (χ4v) is 0.394. The van der Waals surface area contributed by atoms with E-state index in [0.29, 0.717) is 0 Å². The smallest absolute Gasteiger partial charge is 0.306 e. The van der Waals surface area contributed by atoms with Crippen molar-refractivity contribution in [2.75, 3.05) is 7.11 Å². The number of esters is 1. The lowest BCUT2D eigenvalue weighted by Gasteiger charge is -1.98. The van der Waals surface area contributed by atoms with Gasteiger partial charge in [0, 0.05) is 5.92 Å². The quantitative estimate of drug-likeness (QED) is 0.463. The molecule has 0 rings (SSSR count). The summed E-state index contributed by atoms with van der Waals surface area (Å²) in [6.45, 7) is 5.67. The van der Waals surface area contributed by atoms with Crippen LogP contribution in [0.25, 0.3) is 0 Å². The highest BCUT2D eigenvalue weighted by Crippen LogP contribution is 1.97. The van der Waals surface area contributed by atoms with Crippen molar-refractivity contribution in [2.24, 2.45) is 5.92 Å². The zero-order chi connectivity index (χ0) is 9.28. The second-order valence-electron chi connectivity index (χ2n) is 1.89. The molecule has 0 saturated heterocycles. The van der Waals surface area contributed by atoms with Gasteiger partial charge in [-0.25, -0.2) is 0 Å². The number of methoxy groups -OCH3 is 1. The van der Waals surface area contributed by atoms with Crippen LogP contribution in [0.5, 0.6) is 0 Å². The van der Waals surface area contributed by atoms with Crippen LogP contribution < -0.4 is 0 Å². The van der Waals surface area contributed by atoms with Crippen molar-refractivity contribution in [3.05, 3.63) is 0 Å². The molecule has 1 unspecified atom stereocenters. The van der Waals surface area contributed by atoms with Gasteiger partial charge in [0.05, 0.1) is 13.5 Å².